The molecule has 0 spiro atoms. The molecule has 42 heavy (non-hydrogen) atoms. The van der Waals surface area contributed by atoms with E-state index in [0.29, 0.717) is 23.7 Å². The summed E-state index contributed by atoms with van der Waals surface area (Å²) in [5.41, 5.74) is 1.16. The predicted octanol–water partition coefficient (Wildman–Crippen LogP) is 3.16. The van der Waals surface area contributed by atoms with Crippen molar-refractivity contribution in [3.63, 3.8) is 0 Å². The minimum absolute atomic E-state index is 0.170. The van der Waals surface area contributed by atoms with Crippen LogP contribution in [0.5, 0.6) is 0 Å². The van der Waals surface area contributed by atoms with Crippen molar-refractivity contribution in [3.8, 4) is 0 Å². The number of aromatic nitrogens is 1. The number of fused-ring (bicyclic) bond motifs is 1. The number of piperidine rings is 1. The molecule has 0 saturated carbocycles. The molecule has 0 aliphatic carbocycles. The summed E-state index contributed by atoms with van der Waals surface area (Å²) >= 11 is 6.07. The number of hydrogen-bond acceptors (Lipinski definition) is 8. The van der Waals surface area contributed by atoms with Crippen LogP contribution in [-0.2, 0) is 29.7 Å². The molecule has 1 unspecified atom stereocenters. The van der Waals surface area contributed by atoms with E-state index in [2.05, 4.69) is 9.88 Å². The molecule has 1 amide bonds. The van der Waals surface area contributed by atoms with Crippen LogP contribution in [-0.4, -0.2) is 100 Å². The van der Waals surface area contributed by atoms with Gasteiger partial charge >= 0.3 is 0 Å². The Labute approximate surface area is 251 Å². The summed E-state index contributed by atoms with van der Waals surface area (Å²) in [6.07, 6.45) is 6.25. The van der Waals surface area contributed by atoms with Crippen molar-refractivity contribution in [2.75, 3.05) is 57.6 Å². The first kappa shape index (κ1) is 32.1. The molecule has 2 aromatic carbocycles. The number of piperazine rings is 1. The SMILES string of the molecule is COCC1CN(S(=O)(=O)c2ccc3cc(Cl)ccc3c2)CC(=O)N1CC1CCN(c2ccncc2)CC1.CS(=O)(=O)O. The third kappa shape index (κ3) is 8.39. The van der Waals surface area contributed by atoms with Crippen molar-refractivity contribution in [1.82, 2.24) is 14.2 Å². The number of halogens is 1. The molecule has 3 aromatic rings. The molecule has 1 atom stereocenters. The molecule has 3 heterocycles. The Morgan fingerprint density at radius 3 is 2.26 bits per heavy atom. The van der Waals surface area contributed by atoms with Crippen molar-refractivity contribution >= 4 is 54.1 Å². The number of amides is 1. The van der Waals surface area contributed by atoms with Gasteiger partial charge in [0.1, 0.15) is 0 Å². The molecule has 1 aromatic heterocycles. The molecule has 0 bridgehead atoms. The Balaban J connectivity index is 0.000000748. The number of sulfonamides is 1. The molecule has 5 rings (SSSR count). The van der Waals surface area contributed by atoms with Crippen LogP contribution in [0.25, 0.3) is 10.8 Å². The molecule has 11 nitrogen and oxygen atoms in total. The largest absolute Gasteiger partial charge is 0.382 e. The smallest absolute Gasteiger partial charge is 0.261 e. The number of anilines is 1. The molecular formula is C28H35ClN4O7S2. The van der Waals surface area contributed by atoms with Crippen LogP contribution in [0.3, 0.4) is 0 Å². The Hall–Kier alpha value is -2.81. The lowest BCUT2D eigenvalue weighted by Gasteiger charge is -2.43. The fraction of sp³-hybridized carbons (Fsp3) is 0.429. The molecule has 228 valence electrons. The van der Waals surface area contributed by atoms with E-state index in [9.17, 15) is 21.6 Å². The van der Waals surface area contributed by atoms with E-state index < -0.39 is 20.1 Å². The average Bonchev–Trinajstić information content (AvgIpc) is 2.94. The van der Waals surface area contributed by atoms with Gasteiger partial charge in [-0.05, 0) is 65.9 Å². The number of hydrogen-bond donors (Lipinski definition) is 1. The normalized spacial score (nSPS) is 19.0. The van der Waals surface area contributed by atoms with E-state index in [1.165, 1.54) is 4.31 Å². The highest BCUT2D eigenvalue weighted by molar-refractivity contribution is 7.89. The van der Waals surface area contributed by atoms with E-state index in [1.54, 1.807) is 55.9 Å². The van der Waals surface area contributed by atoms with Gasteiger partial charge in [-0.15, -0.1) is 0 Å². The van der Waals surface area contributed by atoms with Gasteiger partial charge in [-0.2, -0.15) is 12.7 Å². The van der Waals surface area contributed by atoms with Gasteiger partial charge in [0.2, 0.25) is 15.9 Å². The summed E-state index contributed by atoms with van der Waals surface area (Å²) in [5.74, 6) is 0.179. The number of carbonyl (C=O) groups is 1. The number of carbonyl (C=O) groups excluding carboxylic acids is 1. The van der Waals surface area contributed by atoms with Gasteiger partial charge in [-0.25, -0.2) is 8.42 Å². The average molecular weight is 639 g/mol. The fourth-order valence-electron chi connectivity index (χ4n) is 5.32. The zero-order valence-electron chi connectivity index (χ0n) is 23.5. The lowest BCUT2D eigenvalue weighted by molar-refractivity contribution is -0.140. The molecule has 2 aliphatic rings. The van der Waals surface area contributed by atoms with Crippen LogP contribution < -0.4 is 4.90 Å². The fourth-order valence-corrected chi connectivity index (χ4v) is 6.97. The Kier molecular flexibility index (Phi) is 10.4. The van der Waals surface area contributed by atoms with Gasteiger partial charge in [0, 0.05) is 56.4 Å². The van der Waals surface area contributed by atoms with Crippen LogP contribution in [0.2, 0.25) is 5.02 Å². The van der Waals surface area contributed by atoms with E-state index >= 15 is 0 Å². The van der Waals surface area contributed by atoms with Gasteiger partial charge < -0.3 is 14.5 Å². The van der Waals surface area contributed by atoms with Crippen LogP contribution in [0.15, 0.2) is 65.8 Å². The van der Waals surface area contributed by atoms with Crippen LogP contribution in [0.1, 0.15) is 12.8 Å². The predicted molar refractivity (Wildman–Crippen MR) is 162 cm³/mol. The quantitative estimate of drug-likeness (QED) is 0.387. The van der Waals surface area contributed by atoms with E-state index in [4.69, 9.17) is 20.9 Å². The molecule has 0 radical (unpaired) electrons. The summed E-state index contributed by atoms with van der Waals surface area (Å²) < 4.78 is 59.7. The number of pyridine rings is 1. The van der Waals surface area contributed by atoms with E-state index in [1.807, 2.05) is 17.0 Å². The molecule has 14 heteroatoms. The molecule has 2 fully saturated rings. The second-order valence-corrected chi connectivity index (χ2v) is 14.3. The van der Waals surface area contributed by atoms with Crippen LogP contribution in [0, 0.1) is 5.92 Å². The van der Waals surface area contributed by atoms with Gasteiger partial charge in [0.05, 0.1) is 30.3 Å². The van der Waals surface area contributed by atoms with E-state index in [-0.39, 0.29) is 36.5 Å². The molecule has 2 saturated heterocycles. The Bertz CT molecular complexity index is 1590. The maximum atomic E-state index is 13.5. The van der Waals surface area contributed by atoms with Gasteiger partial charge in [0.25, 0.3) is 10.1 Å². The Morgan fingerprint density at radius 2 is 1.62 bits per heavy atom. The minimum atomic E-state index is -3.86. The summed E-state index contributed by atoms with van der Waals surface area (Å²) in [5, 5.41) is 2.23. The summed E-state index contributed by atoms with van der Waals surface area (Å²) in [6.45, 7) is 2.76. The number of nitrogens with zero attached hydrogens (tertiary/aromatic N) is 4. The van der Waals surface area contributed by atoms with Gasteiger partial charge in [0.15, 0.2) is 0 Å². The minimum Gasteiger partial charge on any atom is -0.382 e. The molecular weight excluding hydrogens is 604 g/mol. The second kappa shape index (κ2) is 13.7. The number of rotatable bonds is 7. The molecule has 2 aliphatic heterocycles. The Morgan fingerprint density at radius 1 is 1.00 bits per heavy atom. The third-order valence-corrected chi connectivity index (χ3v) is 9.40. The van der Waals surface area contributed by atoms with Crippen molar-refractivity contribution in [2.45, 2.75) is 23.8 Å². The van der Waals surface area contributed by atoms with Gasteiger partial charge in [-0.3, -0.25) is 14.3 Å². The first-order valence-electron chi connectivity index (χ1n) is 13.4. The maximum absolute atomic E-state index is 13.5. The first-order chi connectivity index (χ1) is 19.8. The second-order valence-electron chi connectivity index (χ2n) is 10.5. The zero-order chi connectivity index (χ0) is 30.5. The summed E-state index contributed by atoms with van der Waals surface area (Å²) in [4.78, 5) is 21.8. The highest BCUT2D eigenvalue weighted by Gasteiger charge is 2.39. The standard InChI is InChI=1S/C27H31ClN4O4S.CH4O3S/c1-36-19-25-17-31(37(34,35)26-5-3-21-14-23(28)4-2-22(21)15-26)18-27(33)32(25)16-20-8-12-30(13-9-20)24-6-10-29-11-7-24;1-5(2,3)4/h2-7,10-11,14-15,20,25H,8-9,12-13,16-19H2,1H3;1H3,(H,2,3,4). The third-order valence-electron chi connectivity index (χ3n) is 7.35. The van der Waals surface area contributed by atoms with Crippen molar-refractivity contribution in [1.29, 1.82) is 0 Å². The van der Waals surface area contributed by atoms with E-state index in [0.717, 1.165) is 42.4 Å². The monoisotopic (exact) mass is 638 g/mol. The summed E-state index contributed by atoms with van der Waals surface area (Å²) in [7, 11) is -5.94. The van der Waals surface area contributed by atoms with Crippen LogP contribution in [0.4, 0.5) is 5.69 Å². The van der Waals surface area contributed by atoms with Crippen molar-refractivity contribution in [2.24, 2.45) is 5.92 Å². The van der Waals surface area contributed by atoms with Crippen molar-refractivity contribution < 1.29 is 30.9 Å². The summed E-state index contributed by atoms with van der Waals surface area (Å²) in [6, 6.07) is 14.0. The maximum Gasteiger partial charge on any atom is 0.261 e. The highest BCUT2D eigenvalue weighted by Crippen LogP contribution is 2.28. The number of methoxy groups -OCH3 is 1. The topological polar surface area (TPSA) is 137 Å². The van der Waals surface area contributed by atoms with Crippen molar-refractivity contribution in [3.05, 3.63) is 65.9 Å². The number of benzene rings is 2. The lowest BCUT2D eigenvalue weighted by Crippen LogP contribution is -2.60. The zero-order valence-corrected chi connectivity index (χ0v) is 25.9. The molecule has 1 N–H and O–H groups in total. The highest BCUT2D eigenvalue weighted by atomic mass is 35.5. The van der Waals surface area contributed by atoms with Crippen LogP contribution >= 0.6 is 11.6 Å². The van der Waals surface area contributed by atoms with Gasteiger partial charge in [-0.1, -0.05) is 23.7 Å². The lowest BCUT2D eigenvalue weighted by atomic mass is 9.95. The first-order valence-corrected chi connectivity index (χ1v) is 17.1. The number of ether oxygens (including phenoxy) is 1.